The summed E-state index contributed by atoms with van der Waals surface area (Å²) in [5.41, 5.74) is 0. The Morgan fingerprint density at radius 2 is 1.29 bits per heavy atom. The summed E-state index contributed by atoms with van der Waals surface area (Å²) in [6.07, 6.45) is 0.571. The lowest BCUT2D eigenvalue weighted by molar-refractivity contribution is -0.298. The van der Waals surface area contributed by atoms with Crippen molar-refractivity contribution in [2.24, 2.45) is 0 Å². The molecule has 0 heterocycles. The fourth-order valence-electron chi connectivity index (χ4n) is 3.42. The quantitative estimate of drug-likeness (QED) is 0.313. The molecule has 31 heavy (non-hydrogen) atoms. The maximum absolute atomic E-state index is 12.3. The van der Waals surface area contributed by atoms with Gasteiger partial charge >= 0.3 is 5.97 Å². The van der Waals surface area contributed by atoms with Gasteiger partial charge in [-0.1, -0.05) is 42.5 Å². The summed E-state index contributed by atoms with van der Waals surface area (Å²) in [5, 5.41) is 22.3. The Morgan fingerprint density at radius 3 is 1.71 bits per heavy atom. The molecule has 9 heteroatoms. The highest BCUT2D eigenvalue weighted by atomic mass is 32.2. The molecule has 3 aromatic rings. The highest BCUT2D eigenvalue weighted by molar-refractivity contribution is 7.99. The smallest absolute Gasteiger partial charge is 0.332 e. The number of carbonyl (C=O) groups is 2. The van der Waals surface area contributed by atoms with Gasteiger partial charge in [0.1, 0.15) is 44.6 Å². The van der Waals surface area contributed by atoms with Gasteiger partial charge in [0.25, 0.3) is 0 Å². The zero-order valence-electron chi connectivity index (χ0n) is 15.9. The van der Waals surface area contributed by atoms with Gasteiger partial charge in [-0.2, -0.15) is 0 Å². The molecule has 0 spiro atoms. The lowest BCUT2D eigenvalue weighted by Gasteiger charge is -2.30. The van der Waals surface area contributed by atoms with E-state index in [0.717, 1.165) is 12.1 Å². The Bertz CT molecular complexity index is 1210. The number of hydrogen-bond acceptors (Lipinski definition) is 6. The first kappa shape index (κ1) is 22.4. The van der Waals surface area contributed by atoms with E-state index in [2.05, 4.69) is 0 Å². The summed E-state index contributed by atoms with van der Waals surface area (Å²) in [5.74, 6) is -3.21. The molecule has 0 aromatic heterocycles. The molecule has 0 aliphatic rings. The van der Waals surface area contributed by atoms with Gasteiger partial charge in [-0.3, -0.25) is 0 Å². The molecular weight excluding hydrogens is 439 g/mol. The number of carboxylic acid groups (broad SMARTS) is 2. The largest absolute Gasteiger partial charge is 0.744 e. The normalized spacial score (nSPS) is 12.4. The van der Waals surface area contributed by atoms with Crippen molar-refractivity contribution < 1.29 is 32.8 Å². The number of hydrogen-bond donors (Lipinski definition) is 1. The SMILES string of the molecule is O=C(O)/C=C(/C(=O)[O-])[P+](c1ccccc1)(c1ccccc1)c1cccc(S(=O)(=O)[O-])c1. The molecular formula is C22H16O7PS-. The second-order valence-electron chi connectivity index (χ2n) is 6.45. The van der Waals surface area contributed by atoms with Crippen molar-refractivity contribution >= 4 is 45.2 Å². The molecule has 0 saturated heterocycles. The first-order valence-corrected chi connectivity index (χ1v) is 12.1. The second-order valence-corrected chi connectivity index (χ2v) is 11.2. The van der Waals surface area contributed by atoms with Crippen molar-refractivity contribution in [3.63, 3.8) is 0 Å². The van der Waals surface area contributed by atoms with E-state index in [0.29, 0.717) is 16.7 Å². The number of carboxylic acids is 2. The minimum absolute atomic E-state index is 0.193. The number of carbonyl (C=O) groups excluding carboxylic acids is 1. The van der Waals surface area contributed by atoms with Crippen LogP contribution in [-0.4, -0.2) is 30.0 Å². The van der Waals surface area contributed by atoms with E-state index >= 15 is 0 Å². The third kappa shape index (κ3) is 4.41. The summed E-state index contributed by atoms with van der Waals surface area (Å²) in [6.45, 7) is 0. The summed E-state index contributed by atoms with van der Waals surface area (Å²) in [4.78, 5) is 23.3. The lowest BCUT2D eigenvalue weighted by atomic mass is 10.3. The summed E-state index contributed by atoms with van der Waals surface area (Å²) in [6, 6.07) is 21.6. The molecule has 0 radical (unpaired) electrons. The van der Waals surface area contributed by atoms with Crippen LogP contribution >= 0.6 is 7.26 Å². The summed E-state index contributed by atoms with van der Waals surface area (Å²) >= 11 is 0. The monoisotopic (exact) mass is 455 g/mol. The molecule has 0 aliphatic carbocycles. The van der Waals surface area contributed by atoms with Crippen molar-refractivity contribution in [2.75, 3.05) is 0 Å². The van der Waals surface area contributed by atoms with E-state index in [1.54, 1.807) is 60.7 Å². The van der Waals surface area contributed by atoms with Crippen LogP contribution in [0.5, 0.6) is 0 Å². The van der Waals surface area contributed by atoms with Crippen molar-refractivity contribution in [3.8, 4) is 0 Å². The molecule has 0 saturated carbocycles. The third-order valence-electron chi connectivity index (χ3n) is 4.61. The van der Waals surface area contributed by atoms with Crippen LogP contribution in [-0.2, 0) is 19.7 Å². The standard InChI is InChI=1S/C22H17O7PS/c23-21(24)15-20(22(25)26)30(16-8-3-1-4-9-16,17-10-5-2-6-11-17)18-12-7-13-19(14-18)31(27,28)29/h1-15H,(H2-,23,24,25,26,27,28,29)/p-1/b20-15-. The summed E-state index contributed by atoms with van der Waals surface area (Å²) < 4.78 is 35.1. The zero-order valence-corrected chi connectivity index (χ0v) is 17.6. The number of benzene rings is 3. The predicted molar refractivity (Wildman–Crippen MR) is 114 cm³/mol. The van der Waals surface area contributed by atoms with E-state index < -0.39 is 39.5 Å². The molecule has 1 N–H and O–H groups in total. The highest BCUT2D eigenvalue weighted by Crippen LogP contribution is 2.62. The maximum atomic E-state index is 12.3. The first-order chi connectivity index (χ1) is 14.7. The predicted octanol–water partition coefficient (Wildman–Crippen LogP) is 0.603. The second kappa shape index (κ2) is 8.81. The molecule has 0 aliphatic heterocycles. The van der Waals surface area contributed by atoms with Crippen LogP contribution in [0.15, 0.2) is 101 Å². The molecule has 158 valence electrons. The first-order valence-electron chi connectivity index (χ1n) is 8.90. The van der Waals surface area contributed by atoms with Crippen LogP contribution in [0.3, 0.4) is 0 Å². The van der Waals surface area contributed by atoms with Crippen molar-refractivity contribution in [1.29, 1.82) is 0 Å². The van der Waals surface area contributed by atoms with Gasteiger partial charge in [0, 0.05) is 0 Å². The highest BCUT2D eigenvalue weighted by Gasteiger charge is 2.50. The Kier molecular flexibility index (Phi) is 6.36. The molecule has 0 atom stereocenters. The Hall–Kier alpha value is -3.32. The van der Waals surface area contributed by atoms with Gasteiger partial charge < -0.3 is 19.6 Å². The van der Waals surface area contributed by atoms with E-state index in [1.807, 2.05) is 0 Å². The Labute approximate surface area is 179 Å². The van der Waals surface area contributed by atoms with Crippen molar-refractivity contribution in [1.82, 2.24) is 0 Å². The van der Waals surface area contributed by atoms with Crippen LogP contribution in [0, 0.1) is 0 Å². The van der Waals surface area contributed by atoms with Crippen LogP contribution in [0.1, 0.15) is 0 Å². The topological polar surface area (TPSA) is 135 Å². The van der Waals surface area contributed by atoms with Crippen LogP contribution in [0.2, 0.25) is 0 Å². The minimum Gasteiger partial charge on any atom is -0.744 e. The van der Waals surface area contributed by atoms with E-state index in [9.17, 15) is 32.8 Å². The van der Waals surface area contributed by atoms with E-state index in [1.165, 1.54) is 12.1 Å². The fraction of sp³-hybridized carbons (Fsp3) is 0. The minimum atomic E-state index is -4.85. The number of rotatable bonds is 7. The van der Waals surface area contributed by atoms with Crippen molar-refractivity contribution in [3.05, 3.63) is 96.3 Å². The van der Waals surface area contributed by atoms with Crippen LogP contribution in [0.25, 0.3) is 0 Å². The van der Waals surface area contributed by atoms with Gasteiger partial charge in [0.2, 0.25) is 0 Å². The Morgan fingerprint density at radius 1 is 0.806 bits per heavy atom. The van der Waals surface area contributed by atoms with Gasteiger partial charge in [-0.05, 0) is 42.5 Å². The molecule has 0 fully saturated rings. The van der Waals surface area contributed by atoms with Gasteiger partial charge in [-0.15, -0.1) is 0 Å². The fourth-order valence-corrected chi connectivity index (χ4v) is 8.22. The molecule has 7 nitrogen and oxygen atoms in total. The number of aliphatic carboxylic acids is 2. The van der Waals surface area contributed by atoms with Gasteiger partial charge in [0.15, 0.2) is 0 Å². The molecule has 0 unspecified atom stereocenters. The van der Waals surface area contributed by atoms with E-state index in [4.69, 9.17) is 0 Å². The average Bonchev–Trinajstić information content (AvgIpc) is 2.74. The molecule has 0 amide bonds. The van der Waals surface area contributed by atoms with Crippen molar-refractivity contribution in [2.45, 2.75) is 4.90 Å². The lowest BCUT2D eigenvalue weighted by Crippen LogP contribution is -2.39. The maximum Gasteiger partial charge on any atom is 0.332 e. The molecule has 3 aromatic carbocycles. The van der Waals surface area contributed by atoms with E-state index in [-0.39, 0.29) is 5.30 Å². The summed E-state index contributed by atoms with van der Waals surface area (Å²) in [7, 11) is -8.31. The van der Waals surface area contributed by atoms with Crippen LogP contribution < -0.4 is 21.0 Å². The van der Waals surface area contributed by atoms with Gasteiger partial charge in [-0.25, -0.2) is 13.2 Å². The molecule has 3 rings (SSSR count). The average molecular weight is 455 g/mol. The molecule has 0 bridgehead atoms. The van der Waals surface area contributed by atoms with Crippen LogP contribution in [0.4, 0.5) is 0 Å². The Balaban J connectivity index is 2.57. The zero-order chi connectivity index (χ0) is 22.6. The van der Waals surface area contributed by atoms with Gasteiger partial charge in [0.05, 0.1) is 11.0 Å². The third-order valence-corrected chi connectivity index (χ3v) is 9.68.